The Morgan fingerprint density at radius 2 is 2.00 bits per heavy atom. The van der Waals surface area contributed by atoms with Gasteiger partial charge in [0.15, 0.2) is 0 Å². The number of benzene rings is 1. The van der Waals surface area contributed by atoms with Crippen molar-refractivity contribution < 1.29 is 0 Å². The van der Waals surface area contributed by atoms with Crippen molar-refractivity contribution in [1.82, 2.24) is 5.32 Å². The molecular formula is C12H17Cl2NS. The standard InChI is InChI=1S/C12H17Cl2NS/c1-4-12(15-3)8(2)16-9-5-6-10(13)11(14)7-9/h5-8,12,15H,4H2,1-3H3. The van der Waals surface area contributed by atoms with Crippen LogP contribution < -0.4 is 5.32 Å². The first-order valence-corrected chi connectivity index (χ1v) is 7.01. The first-order valence-electron chi connectivity index (χ1n) is 5.37. The number of halogens is 2. The molecule has 90 valence electrons. The van der Waals surface area contributed by atoms with Crippen molar-refractivity contribution >= 4 is 35.0 Å². The second-order valence-electron chi connectivity index (χ2n) is 3.70. The van der Waals surface area contributed by atoms with E-state index < -0.39 is 0 Å². The van der Waals surface area contributed by atoms with Crippen LogP contribution in [0.2, 0.25) is 10.0 Å². The molecule has 0 radical (unpaired) electrons. The summed E-state index contributed by atoms with van der Waals surface area (Å²) in [6.07, 6.45) is 1.12. The second-order valence-corrected chi connectivity index (χ2v) is 5.97. The lowest BCUT2D eigenvalue weighted by Gasteiger charge is -2.21. The van der Waals surface area contributed by atoms with Crippen LogP contribution in [0.1, 0.15) is 20.3 Å². The van der Waals surface area contributed by atoms with E-state index in [1.165, 1.54) is 0 Å². The van der Waals surface area contributed by atoms with Crippen molar-refractivity contribution in [2.75, 3.05) is 7.05 Å². The van der Waals surface area contributed by atoms with Gasteiger partial charge in [-0.15, -0.1) is 11.8 Å². The minimum absolute atomic E-state index is 0.507. The first kappa shape index (κ1) is 14.2. The predicted molar refractivity (Wildman–Crippen MR) is 74.9 cm³/mol. The maximum Gasteiger partial charge on any atom is 0.0603 e. The summed E-state index contributed by atoms with van der Waals surface area (Å²) < 4.78 is 0. The van der Waals surface area contributed by atoms with E-state index in [9.17, 15) is 0 Å². The summed E-state index contributed by atoms with van der Waals surface area (Å²) in [7, 11) is 2.00. The lowest BCUT2D eigenvalue weighted by Crippen LogP contribution is -2.33. The third kappa shape index (κ3) is 3.85. The minimum Gasteiger partial charge on any atom is -0.316 e. The quantitative estimate of drug-likeness (QED) is 0.797. The highest BCUT2D eigenvalue weighted by Gasteiger charge is 2.14. The summed E-state index contributed by atoms with van der Waals surface area (Å²) in [4.78, 5) is 1.16. The maximum absolute atomic E-state index is 5.98. The molecule has 0 aliphatic heterocycles. The molecule has 0 bridgehead atoms. The molecule has 1 nitrogen and oxygen atoms in total. The van der Waals surface area contributed by atoms with Crippen LogP contribution in [0.25, 0.3) is 0 Å². The second kappa shape index (κ2) is 6.75. The summed E-state index contributed by atoms with van der Waals surface area (Å²) in [6.45, 7) is 4.41. The zero-order valence-electron chi connectivity index (χ0n) is 9.76. The average molecular weight is 278 g/mol. The molecule has 1 rings (SSSR count). The van der Waals surface area contributed by atoms with Gasteiger partial charge in [0, 0.05) is 16.2 Å². The number of nitrogens with one attached hydrogen (secondary N) is 1. The van der Waals surface area contributed by atoms with Crippen LogP contribution >= 0.6 is 35.0 Å². The molecule has 0 saturated carbocycles. The Kier molecular flexibility index (Phi) is 5.98. The highest BCUT2D eigenvalue weighted by Crippen LogP contribution is 2.31. The molecule has 0 aliphatic carbocycles. The van der Waals surface area contributed by atoms with E-state index >= 15 is 0 Å². The smallest absolute Gasteiger partial charge is 0.0603 e. The fourth-order valence-electron chi connectivity index (χ4n) is 1.62. The fraction of sp³-hybridized carbons (Fsp3) is 0.500. The maximum atomic E-state index is 5.98. The molecule has 0 aliphatic rings. The van der Waals surface area contributed by atoms with Gasteiger partial charge in [-0.05, 0) is 31.7 Å². The molecule has 2 atom stereocenters. The van der Waals surface area contributed by atoms with Gasteiger partial charge < -0.3 is 5.32 Å². The van der Waals surface area contributed by atoms with E-state index in [0.717, 1.165) is 11.3 Å². The molecule has 0 spiro atoms. The molecule has 0 aromatic heterocycles. The van der Waals surface area contributed by atoms with Crippen molar-refractivity contribution in [2.45, 2.75) is 36.5 Å². The molecular weight excluding hydrogens is 261 g/mol. The zero-order chi connectivity index (χ0) is 12.1. The third-order valence-corrected chi connectivity index (χ3v) is 4.56. The van der Waals surface area contributed by atoms with Crippen LogP contribution in [-0.4, -0.2) is 18.3 Å². The van der Waals surface area contributed by atoms with Crippen molar-refractivity contribution in [3.8, 4) is 0 Å². The minimum atomic E-state index is 0.507. The molecule has 0 fully saturated rings. The normalized spacial score (nSPS) is 14.8. The molecule has 0 saturated heterocycles. The first-order chi connectivity index (χ1) is 7.58. The van der Waals surface area contributed by atoms with Crippen LogP contribution in [0.5, 0.6) is 0 Å². The SMILES string of the molecule is CCC(NC)C(C)Sc1ccc(Cl)c(Cl)c1. The van der Waals surface area contributed by atoms with Gasteiger partial charge in [0.25, 0.3) is 0 Å². The molecule has 0 heterocycles. The van der Waals surface area contributed by atoms with E-state index in [4.69, 9.17) is 23.2 Å². The van der Waals surface area contributed by atoms with Crippen molar-refractivity contribution in [3.05, 3.63) is 28.2 Å². The average Bonchev–Trinajstić information content (AvgIpc) is 2.25. The summed E-state index contributed by atoms with van der Waals surface area (Å²) in [5.41, 5.74) is 0. The molecule has 1 aromatic carbocycles. The van der Waals surface area contributed by atoms with Gasteiger partial charge in [-0.2, -0.15) is 0 Å². The summed E-state index contributed by atoms with van der Waals surface area (Å²) in [5, 5.41) is 5.06. The molecule has 1 aromatic rings. The largest absolute Gasteiger partial charge is 0.316 e. The highest BCUT2D eigenvalue weighted by molar-refractivity contribution is 8.00. The number of thioether (sulfide) groups is 1. The molecule has 4 heteroatoms. The zero-order valence-corrected chi connectivity index (χ0v) is 12.1. The van der Waals surface area contributed by atoms with E-state index in [1.807, 2.05) is 37.0 Å². The molecule has 0 amide bonds. The molecule has 16 heavy (non-hydrogen) atoms. The Morgan fingerprint density at radius 3 is 2.50 bits per heavy atom. The van der Waals surface area contributed by atoms with E-state index in [1.54, 1.807) is 0 Å². The van der Waals surface area contributed by atoms with Crippen molar-refractivity contribution in [3.63, 3.8) is 0 Å². The summed E-state index contributed by atoms with van der Waals surface area (Å²) >= 11 is 13.7. The van der Waals surface area contributed by atoms with Crippen LogP contribution in [0.3, 0.4) is 0 Å². The van der Waals surface area contributed by atoms with Gasteiger partial charge >= 0.3 is 0 Å². The fourth-order valence-corrected chi connectivity index (χ4v) is 3.24. The lowest BCUT2D eigenvalue weighted by atomic mass is 10.2. The van der Waals surface area contributed by atoms with Crippen LogP contribution in [0.15, 0.2) is 23.1 Å². The van der Waals surface area contributed by atoms with E-state index in [0.29, 0.717) is 21.3 Å². The Hall–Kier alpha value is 0.110. The Labute approximate surface area is 112 Å². The highest BCUT2D eigenvalue weighted by atomic mass is 35.5. The van der Waals surface area contributed by atoms with Crippen molar-refractivity contribution in [2.24, 2.45) is 0 Å². The number of rotatable bonds is 5. The lowest BCUT2D eigenvalue weighted by molar-refractivity contribution is 0.541. The van der Waals surface area contributed by atoms with Crippen molar-refractivity contribution in [1.29, 1.82) is 0 Å². The third-order valence-electron chi connectivity index (χ3n) is 2.59. The van der Waals surface area contributed by atoms with Gasteiger partial charge in [0.2, 0.25) is 0 Å². The monoisotopic (exact) mass is 277 g/mol. The van der Waals surface area contributed by atoms with Crippen LogP contribution in [0.4, 0.5) is 0 Å². The Balaban J connectivity index is 2.69. The molecule has 1 N–H and O–H groups in total. The number of hydrogen-bond donors (Lipinski definition) is 1. The van der Waals surface area contributed by atoms with Gasteiger partial charge in [0.05, 0.1) is 10.0 Å². The Bertz CT molecular complexity index is 340. The molecule has 2 unspecified atom stereocenters. The van der Waals surface area contributed by atoms with Gasteiger partial charge in [-0.3, -0.25) is 0 Å². The topological polar surface area (TPSA) is 12.0 Å². The van der Waals surface area contributed by atoms with Crippen LogP contribution in [-0.2, 0) is 0 Å². The number of hydrogen-bond acceptors (Lipinski definition) is 2. The van der Waals surface area contributed by atoms with E-state index in [-0.39, 0.29) is 0 Å². The van der Waals surface area contributed by atoms with Crippen LogP contribution in [0, 0.1) is 0 Å². The van der Waals surface area contributed by atoms with Gasteiger partial charge in [0.1, 0.15) is 0 Å². The summed E-state index contributed by atoms with van der Waals surface area (Å²) in [6, 6.07) is 6.30. The predicted octanol–water partition coefficient (Wildman–Crippen LogP) is 4.47. The van der Waals surface area contributed by atoms with Gasteiger partial charge in [-0.1, -0.05) is 37.0 Å². The van der Waals surface area contributed by atoms with E-state index in [2.05, 4.69) is 19.2 Å². The van der Waals surface area contributed by atoms with Gasteiger partial charge in [-0.25, -0.2) is 0 Å². The Morgan fingerprint density at radius 1 is 1.31 bits per heavy atom. The summed E-state index contributed by atoms with van der Waals surface area (Å²) in [5.74, 6) is 0.